The molecule has 1 fully saturated rings. The van der Waals surface area contributed by atoms with E-state index >= 15 is 0 Å². The third-order valence-corrected chi connectivity index (χ3v) is 6.22. The van der Waals surface area contributed by atoms with Gasteiger partial charge in [-0.3, -0.25) is 4.79 Å². The van der Waals surface area contributed by atoms with Crippen molar-refractivity contribution in [3.8, 4) is 11.5 Å². The monoisotopic (exact) mass is 407 g/mol. The number of aromatic nitrogens is 2. The van der Waals surface area contributed by atoms with Crippen molar-refractivity contribution in [3.63, 3.8) is 0 Å². The molecule has 1 amide bonds. The van der Waals surface area contributed by atoms with Crippen LogP contribution in [0.1, 0.15) is 34.3 Å². The first-order chi connectivity index (χ1) is 14.5. The van der Waals surface area contributed by atoms with Gasteiger partial charge in [0.25, 0.3) is 5.91 Å². The van der Waals surface area contributed by atoms with Gasteiger partial charge in [0.05, 0.1) is 31.6 Å². The number of carbonyl (C=O) groups is 1. The Morgan fingerprint density at radius 2 is 1.73 bits per heavy atom. The zero-order valence-corrected chi connectivity index (χ0v) is 18.1. The zero-order chi connectivity index (χ0) is 21.3. The maximum Gasteiger partial charge on any atom is 0.253 e. The molecule has 1 aliphatic rings. The number of hydrogen-bond donors (Lipinski definition) is 0. The van der Waals surface area contributed by atoms with Gasteiger partial charge >= 0.3 is 0 Å². The molecule has 0 unspecified atom stereocenters. The van der Waals surface area contributed by atoms with Crippen LogP contribution in [0, 0.1) is 19.8 Å². The number of nitrogens with zero attached hydrogens (tertiary/aromatic N) is 3. The Kier molecular flexibility index (Phi) is 5.66. The van der Waals surface area contributed by atoms with Crippen molar-refractivity contribution in [1.29, 1.82) is 0 Å². The minimum atomic E-state index is 0.0496. The van der Waals surface area contributed by atoms with E-state index in [2.05, 4.69) is 35.5 Å². The Bertz CT molecular complexity index is 1060. The molecule has 1 saturated heterocycles. The van der Waals surface area contributed by atoms with Crippen LogP contribution in [0.4, 0.5) is 0 Å². The Labute approximate surface area is 177 Å². The Hall–Kier alpha value is -3.02. The van der Waals surface area contributed by atoms with Crippen LogP contribution in [-0.4, -0.2) is 47.7 Å². The molecule has 6 heteroatoms. The molecule has 30 heavy (non-hydrogen) atoms. The van der Waals surface area contributed by atoms with Gasteiger partial charge < -0.3 is 18.9 Å². The number of carbonyl (C=O) groups excluding carboxylic acids is 1. The predicted octanol–water partition coefficient (Wildman–Crippen LogP) is 4.22. The molecule has 1 aliphatic heterocycles. The van der Waals surface area contributed by atoms with Gasteiger partial charge in [0.15, 0.2) is 11.5 Å². The molecule has 0 N–H and O–H groups in total. The first-order valence-corrected chi connectivity index (χ1v) is 10.4. The molecule has 2 aromatic carbocycles. The zero-order valence-electron chi connectivity index (χ0n) is 18.1. The summed E-state index contributed by atoms with van der Waals surface area (Å²) in [5.41, 5.74) is 5.45. The smallest absolute Gasteiger partial charge is 0.253 e. The van der Waals surface area contributed by atoms with Gasteiger partial charge in [-0.15, -0.1) is 0 Å². The van der Waals surface area contributed by atoms with Crippen LogP contribution in [0.25, 0.3) is 11.0 Å². The van der Waals surface area contributed by atoms with E-state index in [4.69, 9.17) is 9.47 Å². The fraction of sp³-hybridized carbons (Fsp3) is 0.417. The highest BCUT2D eigenvalue weighted by Gasteiger charge is 2.25. The Morgan fingerprint density at radius 3 is 2.43 bits per heavy atom. The van der Waals surface area contributed by atoms with Crippen molar-refractivity contribution in [2.75, 3.05) is 27.3 Å². The quantitative estimate of drug-likeness (QED) is 0.635. The minimum absolute atomic E-state index is 0.0496. The highest BCUT2D eigenvalue weighted by molar-refractivity contribution is 5.95. The van der Waals surface area contributed by atoms with Crippen LogP contribution in [-0.2, 0) is 6.54 Å². The third-order valence-electron chi connectivity index (χ3n) is 6.22. The molecule has 0 spiro atoms. The van der Waals surface area contributed by atoms with Crippen LogP contribution < -0.4 is 9.47 Å². The molecule has 4 rings (SSSR count). The highest BCUT2D eigenvalue weighted by Crippen LogP contribution is 2.29. The molecule has 0 radical (unpaired) electrons. The number of likely N-dealkylation sites (tertiary alicyclic amines) is 1. The lowest BCUT2D eigenvalue weighted by atomic mass is 9.96. The summed E-state index contributed by atoms with van der Waals surface area (Å²) in [5.74, 6) is 1.80. The SMILES string of the molecule is COc1ccc(C(=O)N2CCC(Cn3cnc4cc(C)c(C)cc43)CC2)cc1OC. The second kappa shape index (κ2) is 8.38. The maximum atomic E-state index is 12.9. The van der Waals surface area contributed by atoms with E-state index < -0.39 is 0 Å². The van der Waals surface area contributed by atoms with Crippen molar-refractivity contribution in [1.82, 2.24) is 14.5 Å². The summed E-state index contributed by atoms with van der Waals surface area (Å²) in [7, 11) is 3.18. The van der Waals surface area contributed by atoms with Gasteiger partial charge in [-0.1, -0.05) is 0 Å². The summed E-state index contributed by atoms with van der Waals surface area (Å²) in [6, 6.07) is 9.73. The van der Waals surface area contributed by atoms with Gasteiger partial charge in [0.2, 0.25) is 0 Å². The van der Waals surface area contributed by atoms with E-state index in [0.717, 1.165) is 38.0 Å². The van der Waals surface area contributed by atoms with Gasteiger partial charge in [-0.25, -0.2) is 4.98 Å². The van der Waals surface area contributed by atoms with E-state index in [0.29, 0.717) is 23.0 Å². The lowest BCUT2D eigenvalue weighted by Crippen LogP contribution is -2.39. The summed E-state index contributed by atoms with van der Waals surface area (Å²) in [6.45, 7) is 6.74. The topological polar surface area (TPSA) is 56.6 Å². The summed E-state index contributed by atoms with van der Waals surface area (Å²) in [5, 5.41) is 0. The molecule has 0 bridgehead atoms. The average molecular weight is 408 g/mol. The average Bonchev–Trinajstić information content (AvgIpc) is 3.14. The number of ether oxygens (including phenoxy) is 2. The summed E-state index contributed by atoms with van der Waals surface area (Å²) in [4.78, 5) is 19.5. The predicted molar refractivity (Wildman–Crippen MR) is 117 cm³/mol. The summed E-state index contributed by atoms with van der Waals surface area (Å²) < 4.78 is 12.9. The summed E-state index contributed by atoms with van der Waals surface area (Å²) in [6.07, 6.45) is 3.93. The van der Waals surface area contributed by atoms with Gasteiger partial charge in [0.1, 0.15) is 0 Å². The first-order valence-electron chi connectivity index (χ1n) is 10.4. The molecule has 158 valence electrons. The molecule has 0 atom stereocenters. The second-order valence-corrected chi connectivity index (χ2v) is 8.13. The number of methoxy groups -OCH3 is 2. The standard InChI is InChI=1S/C24H29N3O3/c1-16-11-20-21(12-17(16)2)27(15-25-20)14-18-7-9-26(10-8-18)24(28)19-5-6-22(29-3)23(13-19)30-4/h5-6,11-13,15,18H,7-10,14H2,1-4H3. The molecule has 2 heterocycles. The van der Waals surface area contributed by atoms with Crippen molar-refractivity contribution in [2.45, 2.75) is 33.2 Å². The van der Waals surface area contributed by atoms with Crippen LogP contribution in [0.2, 0.25) is 0 Å². The molecular formula is C24H29N3O3. The fourth-order valence-corrected chi connectivity index (χ4v) is 4.21. The number of imidazole rings is 1. The van der Waals surface area contributed by atoms with Crippen molar-refractivity contribution < 1.29 is 14.3 Å². The lowest BCUT2D eigenvalue weighted by Gasteiger charge is -2.32. The van der Waals surface area contributed by atoms with Crippen LogP contribution >= 0.6 is 0 Å². The number of rotatable bonds is 5. The molecule has 6 nitrogen and oxygen atoms in total. The van der Waals surface area contributed by atoms with E-state index in [-0.39, 0.29) is 5.91 Å². The normalized spacial score (nSPS) is 14.9. The minimum Gasteiger partial charge on any atom is -0.493 e. The molecular weight excluding hydrogens is 378 g/mol. The number of benzene rings is 2. The van der Waals surface area contributed by atoms with E-state index in [9.17, 15) is 4.79 Å². The van der Waals surface area contributed by atoms with Crippen molar-refractivity contribution in [3.05, 3.63) is 53.3 Å². The van der Waals surface area contributed by atoms with E-state index in [1.807, 2.05) is 11.2 Å². The first kappa shape index (κ1) is 20.3. The molecule has 0 aliphatic carbocycles. The fourth-order valence-electron chi connectivity index (χ4n) is 4.21. The maximum absolute atomic E-state index is 12.9. The second-order valence-electron chi connectivity index (χ2n) is 8.13. The van der Waals surface area contributed by atoms with Crippen molar-refractivity contribution in [2.24, 2.45) is 5.92 Å². The summed E-state index contributed by atoms with van der Waals surface area (Å²) >= 11 is 0. The number of fused-ring (bicyclic) bond motifs is 1. The Morgan fingerprint density at radius 1 is 1.03 bits per heavy atom. The number of piperidine rings is 1. The number of aryl methyl sites for hydroxylation is 2. The molecule has 3 aromatic rings. The number of hydrogen-bond acceptors (Lipinski definition) is 4. The largest absolute Gasteiger partial charge is 0.493 e. The van der Waals surface area contributed by atoms with Crippen LogP contribution in [0.5, 0.6) is 11.5 Å². The highest BCUT2D eigenvalue weighted by atomic mass is 16.5. The van der Waals surface area contributed by atoms with Gasteiger partial charge in [-0.2, -0.15) is 0 Å². The Balaban J connectivity index is 1.41. The van der Waals surface area contributed by atoms with Gasteiger partial charge in [0, 0.05) is 25.2 Å². The van der Waals surface area contributed by atoms with Crippen LogP contribution in [0.3, 0.4) is 0 Å². The van der Waals surface area contributed by atoms with Gasteiger partial charge in [-0.05, 0) is 74.1 Å². The third kappa shape index (κ3) is 3.86. The van der Waals surface area contributed by atoms with E-state index in [1.165, 1.54) is 16.6 Å². The molecule has 1 aromatic heterocycles. The molecule has 0 saturated carbocycles. The lowest BCUT2D eigenvalue weighted by molar-refractivity contribution is 0.0683. The van der Waals surface area contributed by atoms with E-state index in [1.54, 1.807) is 32.4 Å². The van der Waals surface area contributed by atoms with Crippen molar-refractivity contribution >= 4 is 16.9 Å². The van der Waals surface area contributed by atoms with Crippen LogP contribution in [0.15, 0.2) is 36.7 Å². The number of amides is 1.